The van der Waals surface area contributed by atoms with E-state index in [2.05, 4.69) is 78.0 Å². The predicted octanol–water partition coefficient (Wildman–Crippen LogP) is 5.53. The predicted molar refractivity (Wildman–Crippen MR) is 138 cm³/mol. The Balaban J connectivity index is 1.52. The fourth-order valence-electron chi connectivity index (χ4n) is 4.69. The second-order valence-electron chi connectivity index (χ2n) is 9.26. The molecule has 5 rings (SSSR count). The van der Waals surface area contributed by atoms with E-state index in [0.717, 1.165) is 54.4 Å². The van der Waals surface area contributed by atoms with Crippen molar-refractivity contribution in [2.24, 2.45) is 0 Å². The van der Waals surface area contributed by atoms with Gasteiger partial charge in [0.15, 0.2) is 5.65 Å². The van der Waals surface area contributed by atoms with E-state index < -0.39 is 0 Å². The smallest absolute Gasteiger partial charge is 0.236 e. The minimum atomic E-state index is -0.186. The van der Waals surface area contributed by atoms with Crippen molar-refractivity contribution in [3.8, 4) is 0 Å². The number of aromatic nitrogens is 4. The summed E-state index contributed by atoms with van der Waals surface area (Å²) in [7, 11) is 0. The molecule has 4 aromatic rings. The van der Waals surface area contributed by atoms with Crippen molar-refractivity contribution in [2.75, 3.05) is 13.1 Å². The number of nitrogens with zero attached hydrogens (tertiary/aromatic N) is 5. The van der Waals surface area contributed by atoms with Gasteiger partial charge in [0.25, 0.3) is 0 Å². The quantitative estimate of drug-likeness (QED) is 0.345. The maximum Gasteiger partial charge on any atom is 0.236 e. The summed E-state index contributed by atoms with van der Waals surface area (Å²) in [4.78, 5) is 20.1. The molecule has 1 aliphatic rings. The molecule has 6 nitrogen and oxygen atoms in total. The molecule has 34 heavy (non-hydrogen) atoms. The first-order chi connectivity index (χ1) is 16.5. The van der Waals surface area contributed by atoms with Gasteiger partial charge in [0, 0.05) is 25.0 Å². The lowest BCUT2D eigenvalue weighted by atomic mass is 10.1. The number of piperidine rings is 1. The zero-order valence-electron chi connectivity index (χ0n) is 20.1. The monoisotopic (exact) mass is 473 g/mol. The van der Waals surface area contributed by atoms with Crippen LogP contribution in [-0.2, 0) is 11.3 Å². The highest BCUT2D eigenvalue weighted by Crippen LogP contribution is 2.31. The lowest BCUT2D eigenvalue weighted by molar-refractivity contribution is -0.131. The van der Waals surface area contributed by atoms with Crippen molar-refractivity contribution in [1.29, 1.82) is 0 Å². The molecule has 1 amide bonds. The van der Waals surface area contributed by atoms with E-state index in [0.29, 0.717) is 11.7 Å². The van der Waals surface area contributed by atoms with Gasteiger partial charge in [-0.1, -0.05) is 60.1 Å². The number of likely N-dealkylation sites (tertiary alicyclic amines) is 1. The molecular formula is C27H31N5OS. The van der Waals surface area contributed by atoms with E-state index in [4.69, 9.17) is 4.98 Å². The number of benzene rings is 2. The summed E-state index contributed by atoms with van der Waals surface area (Å²) in [6.07, 6.45) is 4.14. The van der Waals surface area contributed by atoms with Crippen molar-refractivity contribution in [1.82, 2.24) is 24.6 Å². The summed E-state index contributed by atoms with van der Waals surface area (Å²) in [5.74, 6) is 0.201. The van der Waals surface area contributed by atoms with Crippen LogP contribution in [0, 0.1) is 13.8 Å². The topological polar surface area (TPSA) is 63.9 Å². The minimum Gasteiger partial charge on any atom is -0.342 e. The van der Waals surface area contributed by atoms with Crippen LogP contribution in [0.2, 0.25) is 0 Å². The van der Waals surface area contributed by atoms with E-state index in [1.165, 1.54) is 34.9 Å². The fourth-order valence-corrected chi connectivity index (χ4v) is 5.59. The molecule has 2 aromatic carbocycles. The van der Waals surface area contributed by atoms with Crippen molar-refractivity contribution < 1.29 is 4.79 Å². The molecule has 0 saturated carbocycles. The third-order valence-corrected chi connectivity index (χ3v) is 7.83. The Bertz CT molecular complexity index is 1320. The highest BCUT2D eigenvalue weighted by molar-refractivity contribution is 8.00. The third-order valence-electron chi connectivity index (χ3n) is 6.63. The fraction of sp³-hybridized carbons (Fsp3) is 0.407. The molecule has 2 aromatic heterocycles. The second-order valence-corrected chi connectivity index (χ2v) is 10.4. The van der Waals surface area contributed by atoms with Crippen molar-refractivity contribution in [3.63, 3.8) is 0 Å². The Kier molecular flexibility index (Phi) is 6.55. The van der Waals surface area contributed by atoms with E-state index in [9.17, 15) is 4.79 Å². The lowest BCUT2D eigenvalue weighted by Crippen LogP contribution is -2.40. The van der Waals surface area contributed by atoms with E-state index >= 15 is 0 Å². The van der Waals surface area contributed by atoms with Gasteiger partial charge < -0.3 is 9.47 Å². The zero-order valence-corrected chi connectivity index (χ0v) is 20.9. The van der Waals surface area contributed by atoms with Gasteiger partial charge in [0.1, 0.15) is 5.52 Å². The van der Waals surface area contributed by atoms with Gasteiger partial charge in [-0.2, -0.15) is 0 Å². The number of hydrogen-bond donors (Lipinski definition) is 0. The van der Waals surface area contributed by atoms with Gasteiger partial charge in [0.2, 0.25) is 11.1 Å². The van der Waals surface area contributed by atoms with Crippen LogP contribution in [0.5, 0.6) is 0 Å². The molecule has 1 saturated heterocycles. The lowest BCUT2D eigenvalue weighted by Gasteiger charge is -2.29. The first kappa shape index (κ1) is 22.8. The van der Waals surface area contributed by atoms with Crippen LogP contribution in [-0.4, -0.2) is 48.9 Å². The minimum absolute atomic E-state index is 0.186. The van der Waals surface area contributed by atoms with Gasteiger partial charge in [0.05, 0.1) is 10.8 Å². The molecule has 0 aliphatic carbocycles. The summed E-state index contributed by atoms with van der Waals surface area (Å²) >= 11 is 1.45. The van der Waals surface area contributed by atoms with Crippen LogP contribution in [0.25, 0.3) is 22.1 Å². The molecule has 1 aliphatic heterocycles. The van der Waals surface area contributed by atoms with Crippen LogP contribution in [0.3, 0.4) is 0 Å². The summed E-state index contributed by atoms with van der Waals surface area (Å²) in [5.41, 5.74) is 6.36. The van der Waals surface area contributed by atoms with Crippen LogP contribution in [0.1, 0.15) is 49.3 Å². The zero-order chi connectivity index (χ0) is 23.7. The highest BCUT2D eigenvalue weighted by atomic mass is 32.2. The number of thioether (sulfide) groups is 1. The molecule has 0 N–H and O–H groups in total. The van der Waals surface area contributed by atoms with E-state index in [-0.39, 0.29) is 11.2 Å². The second kappa shape index (κ2) is 9.74. The number of hydrogen-bond acceptors (Lipinski definition) is 5. The molecule has 176 valence electrons. The number of carbonyl (C=O) groups is 1. The van der Waals surface area contributed by atoms with Crippen LogP contribution in [0.15, 0.2) is 47.6 Å². The maximum absolute atomic E-state index is 13.1. The number of amides is 1. The van der Waals surface area contributed by atoms with Crippen LogP contribution >= 0.6 is 11.8 Å². The molecule has 0 radical (unpaired) electrons. The summed E-state index contributed by atoms with van der Waals surface area (Å²) < 4.78 is 2.22. The number of rotatable bonds is 6. The van der Waals surface area contributed by atoms with Gasteiger partial charge in [-0.3, -0.25) is 4.79 Å². The van der Waals surface area contributed by atoms with Gasteiger partial charge in [-0.25, -0.2) is 4.98 Å². The largest absolute Gasteiger partial charge is 0.342 e. The number of fused-ring (bicyclic) bond motifs is 3. The normalized spacial score (nSPS) is 15.2. The molecule has 0 spiro atoms. The number of carbonyl (C=O) groups excluding carboxylic acids is 1. The molecule has 3 heterocycles. The first-order valence-corrected chi connectivity index (χ1v) is 13.1. The van der Waals surface area contributed by atoms with Crippen LogP contribution < -0.4 is 0 Å². The Morgan fingerprint density at radius 1 is 1.00 bits per heavy atom. The average Bonchev–Trinajstić information content (AvgIpc) is 3.16. The van der Waals surface area contributed by atoms with Gasteiger partial charge in [-0.15, -0.1) is 10.2 Å². The SMILES string of the molecule is CCC(Sc1nnc2c3cc(C)ccc3n(Cc3ccc(C)cc3)c2n1)C(=O)N1CCCCC1. The Hall–Kier alpha value is -2.93. The molecule has 1 fully saturated rings. The third kappa shape index (κ3) is 4.53. The summed E-state index contributed by atoms with van der Waals surface area (Å²) in [6, 6.07) is 15.0. The number of aryl methyl sites for hydroxylation is 2. The Morgan fingerprint density at radius 3 is 2.47 bits per heavy atom. The van der Waals surface area contributed by atoms with Gasteiger partial charge >= 0.3 is 0 Å². The molecule has 0 bridgehead atoms. The maximum atomic E-state index is 13.1. The van der Waals surface area contributed by atoms with Gasteiger partial charge in [-0.05, 0) is 57.2 Å². The van der Waals surface area contributed by atoms with Crippen molar-refractivity contribution >= 4 is 39.7 Å². The first-order valence-electron chi connectivity index (χ1n) is 12.2. The standard InChI is InChI=1S/C27H31N5OS/c1-4-23(26(33)31-14-6-5-7-15-31)34-27-28-25-24(29-30-27)21-16-19(3)10-13-22(21)32(25)17-20-11-8-18(2)9-12-20/h8-13,16,23H,4-7,14-15,17H2,1-3H3. The average molecular weight is 474 g/mol. The van der Waals surface area contributed by atoms with Crippen molar-refractivity contribution in [3.05, 3.63) is 59.2 Å². The molecule has 1 unspecified atom stereocenters. The Labute approximate surface area is 204 Å². The highest BCUT2D eigenvalue weighted by Gasteiger charge is 2.27. The van der Waals surface area contributed by atoms with Crippen LogP contribution in [0.4, 0.5) is 0 Å². The summed E-state index contributed by atoms with van der Waals surface area (Å²) in [6.45, 7) is 8.67. The molecule has 1 atom stereocenters. The van der Waals surface area contributed by atoms with E-state index in [1.54, 1.807) is 0 Å². The molecular weight excluding hydrogens is 442 g/mol. The Morgan fingerprint density at radius 2 is 1.74 bits per heavy atom. The molecule has 7 heteroatoms. The summed E-state index contributed by atoms with van der Waals surface area (Å²) in [5, 5.41) is 10.5. The van der Waals surface area contributed by atoms with E-state index in [1.807, 2.05) is 4.90 Å². The van der Waals surface area contributed by atoms with Crippen molar-refractivity contribution in [2.45, 2.75) is 63.4 Å².